The summed E-state index contributed by atoms with van der Waals surface area (Å²) >= 11 is 0. The summed E-state index contributed by atoms with van der Waals surface area (Å²) in [7, 11) is 2.66. The number of halogens is 1. The lowest BCUT2D eigenvalue weighted by molar-refractivity contribution is 0.415. The van der Waals surface area contributed by atoms with Crippen LogP contribution in [0.15, 0.2) is 24.3 Å². The minimum absolute atomic E-state index is 0. The van der Waals surface area contributed by atoms with Gasteiger partial charge >= 0.3 is 0 Å². The van der Waals surface area contributed by atoms with E-state index in [-0.39, 0.29) is 17.0 Å². The Kier molecular flexibility index (Phi) is 8.21. The van der Waals surface area contributed by atoms with Gasteiger partial charge in [0, 0.05) is 0 Å². The molecule has 0 saturated heterocycles. The fourth-order valence-electron chi connectivity index (χ4n) is 1.12. The first-order chi connectivity index (χ1) is 6.36. The van der Waals surface area contributed by atoms with Gasteiger partial charge in [-0.25, -0.2) is 0 Å². The molecule has 14 heavy (non-hydrogen) atoms. The lowest BCUT2D eigenvalue weighted by Gasteiger charge is -2.02. The zero-order chi connectivity index (χ0) is 9.52. The maximum atomic E-state index is 5.10. The van der Waals surface area contributed by atoms with E-state index in [4.69, 9.17) is 4.74 Å². The first-order valence-corrected chi connectivity index (χ1v) is 5.95. The van der Waals surface area contributed by atoms with Gasteiger partial charge in [-0.1, -0.05) is 34.1 Å². The molecular formula is C11H18BrOP. The van der Waals surface area contributed by atoms with Crippen molar-refractivity contribution in [3.63, 3.8) is 0 Å². The van der Waals surface area contributed by atoms with E-state index in [0.29, 0.717) is 0 Å². The van der Waals surface area contributed by atoms with E-state index in [1.54, 1.807) is 7.11 Å². The van der Waals surface area contributed by atoms with Crippen LogP contribution in [0, 0.1) is 0 Å². The van der Waals surface area contributed by atoms with Gasteiger partial charge < -0.3 is 4.74 Å². The predicted octanol–water partition coefficient (Wildman–Crippen LogP) is 3.38. The number of hydrogen-bond acceptors (Lipinski definition) is 1. The molecule has 1 nitrogen and oxygen atoms in total. The van der Waals surface area contributed by atoms with Gasteiger partial charge in [-0.15, -0.1) is 17.0 Å². The number of hydrogen-bond donors (Lipinski definition) is 0. The Morgan fingerprint density at radius 2 is 1.86 bits per heavy atom. The highest BCUT2D eigenvalue weighted by Crippen LogP contribution is 2.15. The molecule has 0 bridgehead atoms. The smallest absolute Gasteiger partial charge is 0.118 e. The van der Waals surface area contributed by atoms with Crippen LogP contribution >= 0.6 is 25.6 Å². The van der Waals surface area contributed by atoms with Gasteiger partial charge in [0.1, 0.15) is 5.75 Å². The molecule has 0 spiro atoms. The first kappa shape index (κ1) is 13.9. The summed E-state index contributed by atoms with van der Waals surface area (Å²) in [6.45, 7) is 2.23. The molecule has 0 N–H and O–H groups in total. The fourth-order valence-corrected chi connectivity index (χ4v) is 2.34. The molecule has 0 fully saturated rings. The van der Waals surface area contributed by atoms with Gasteiger partial charge in [-0.05, 0) is 30.0 Å². The molecule has 0 heterocycles. The van der Waals surface area contributed by atoms with Crippen LogP contribution in [0.25, 0.3) is 0 Å². The van der Waals surface area contributed by atoms with Crippen molar-refractivity contribution in [1.82, 2.24) is 0 Å². The maximum Gasteiger partial charge on any atom is 0.118 e. The second-order valence-electron chi connectivity index (χ2n) is 3.01. The summed E-state index contributed by atoms with van der Waals surface area (Å²) in [5.74, 6) is 0.948. The molecule has 1 aromatic carbocycles. The molecule has 0 aromatic heterocycles. The SMILES string of the molecule is Br.CCCCPc1ccc(OC)cc1. The Balaban J connectivity index is 0.00000169. The van der Waals surface area contributed by atoms with Gasteiger partial charge in [0.15, 0.2) is 0 Å². The highest BCUT2D eigenvalue weighted by atomic mass is 79.9. The van der Waals surface area contributed by atoms with E-state index in [1.165, 1.54) is 24.3 Å². The zero-order valence-corrected chi connectivity index (χ0v) is 11.5. The predicted molar refractivity (Wildman–Crippen MR) is 71.0 cm³/mol. The number of benzene rings is 1. The molecule has 1 aromatic rings. The van der Waals surface area contributed by atoms with E-state index in [2.05, 4.69) is 19.1 Å². The highest BCUT2D eigenvalue weighted by molar-refractivity contribution is 8.93. The Morgan fingerprint density at radius 1 is 1.21 bits per heavy atom. The number of unbranched alkanes of at least 4 members (excludes halogenated alkanes) is 1. The topological polar surface area (TPSA) is 9.23 Å². The van der Waals surface area contributed by atoms with E-state index in [9.17, 15) is 0 Å². The van der Waals surface area contributed by atoms with Crippen LogP contribution in [0.3, 0.4) is 0 Å². The van der Waals surface area contributed by atoms with Crippen molar-refractivity contribution in [1.29, 1.82) is 0 Å². The quantitative estimate of drug-likeness (QED) is 0.592. The van der Waals surface area contributed by atoms with Crippen LogP contribution in [0.4, 0.5) is 0 Å². The van der Waals surface area contributed by atoms with E-state index < -0.39 is 0 Å². The third-order valence-electron chi connectivity index (χ3n) is 1.95. The zero-order valence-electron chi connectivity index (χ0n) is 8.75. The van der Waals surface area contributed by atoms with E-state index in [0.717, 1.165) is 14.3 Å². The summed E-state index contributed by atoms with van der Waals surface area (Å²) in [5.41, 5.74) is 0. The Bertz CT molecular complexity index is 236. The largest absolute Gasteiger partial charge is 0.497 e. The number of methoxy groups -OCH3 is 1. The molecule has 0 aliphatic heterocycles. The highest BCUT2D eigenvalue weighted by Gasteiger charge is 1.93. The lowest BCUT2D eigenvalue weighted by Crippen LogP contribution is -1.95. The van der Waals surface area contributed by atoms with Crippen molar-refractivity contribution in [2.45, 2.75) is 19.8 Å². The van der Waals surface area contributed by atoms with Crippen LogP contribution in [0.5, 0.6) is 5.75 Å². The Hall–Kier alpha value is -0.0700. The van der Waals surface area contributed by atoms with Crippen LogP contribution in [0.2, 0.25) is 0 Å². The summed E-state index contributed by atoms with van der Waals surface area (Å²) in [4.78, 5) is 0. The van der Waals surface area contributed by atoms with Crippen LogP contribution in [0.1, 0.15) is 19.8 Å². The van der Waals surface area contributed by atoms with Gasteiger partial charge in [-0.3, -0.25) is 0 Å². The first-order valence-electron chi connectivity index (χ1n) is 4.74. The molecule has 0 radical (unpaired) electrons. The molecule has 80 valence electrons. The third-order valence-corrected chi connectivity index (χ3v) is 3.29. The van der Waals surface area contributed by atoms with Gasteiger partial charge in [-0.2, -0.15) is 0 Å². The average molecular weight is 277 g/mol. The summed E-state index contributed by atoms with van der Waals surface area (Å²) in [6, 6.07) is 8.39. The van der Waals surface area contributed by atoms with Crippen molar-refractivity contribution in [2.24, 2.45) is 0 Å². The molecular weight excluding hydrogens is 259 g/mol. The molecule has 1 atom stereocenters. The van der Waals surface area contributed by atoms with Crippen molar-refractivity contribution in [3.8, 4) is 5.75 Å². The van der Waals surface area contributed by atoms with Gasteiger partial charge in [0.25, 0.3) is 0 Å². The summed E-state index contributed by atoms with van der Waals surface area (Å²) < 4.78 is 5.10. The van der Waals surface area contributed by atoms with Crippen molar-refractivity contribution in [3.05, 3.63) is 24.3 Å². The monoisotopic (exact) mass is 276 g/mol. The minimum Gasteiger partial charge on any atom is -0.497 e. The van der Waals surface area contributed by atoms with Crippen molar-refractivity contribution < 1.29 is 4.74 Å². The van der Waals surface area contributed by atoms with Gasteiger partial charge in [0.05, 0.1) is 7.11 Å². The standard InChI is InChI=1S/C11H17OP.BrH/c1-3-4-9-13-11-7-5-10(12-2)6-8-11;/h5-8,13H,3-4,9H2,1-2H3;1H. The average Bonchev–Trinajstić information content (AvgIpc) is 2.19. The molecule has 0 aliphatic carbocycles. The Labute approximate surface area is 98.8 Å². The molecule has 0 aliphatic rings. The number of ether oxygens (including phenoxy) is 1. The summed E-state index contributed by atoms with van der Waals surface area (Å²) in [6.07, 6.45) is 3.95. The molecule has 3 heteroatoms. The fraction of sp³-hybridized carbons (Fsp3) is 0.455. The normalized spacial score (nSPS) is 10.1. The van der Waals surface area contributed by atoms with Crippen LogP contribution in [-0.4, -0.2) is 13.3 Å². The van der Waals surface area contributed by atoms with E-state index >= 15 is 0 Å². The minimum atomic E-state index is 0. The van der Waals surface area contributed by atoms with Crippen molar-refractivity contribution >= 4 is 30.9 Å². The lowest BCUT2D eigenvalue weighted by atomic mass is 10.3. The molecule has 1 rings (SSSR count). The van der Waals surface area contributed by atoms with Crippen LogP contribution in [-0.2, 0) is 0 Å². The molecule has 0 saturated carbocycles. The number of rotatable bonds is 5. The molecule has 0 amide bonds. The van der Waals surface area contributed by atoms with E-state index in [1.807, 2.05) is 12.1 Å². The second-order valence-corrected chi connectivity index (χ2v) is 4.44. The Morgan fingerprint density at radius 3 is 2.36 bits per heavy atom. The van der Waals surface area contributed by atoms with Crippen LogP contribution < -0.4 is 10.0 Å². The third kappa shape index (κ3) is 4.97. The second kappa shape index (κ2) is 8.26. The van der Waals surface area contributed by atoms with Crippen molar-refractivity contribution in [2.75, 3.05) is 13.3 Å². The van der Waals surface area contributed by atoms with Gasteiger partial charge in [0.2, 0.25) is 0 Å². The summed E-state index contributed by atoms with van der Waals surface area (Å²) in [5, 5.41) is 1.44. The maximum absolute atomic E-state index is 5.10. The molecule has 1 unspecified atom stereocenters.